The van der Waals surface area contributed by atoms with Crippen molar-refractivity contribution in [1.29, 1.82) is 0 Å². The van der Waals surface area contributed by atoms with E-state index in [0.29, 0.717) is 12.6 Å². The molecule has 2 fully saturated rings. The number of hydrogen-bond acceptors (Lipinski definition) is 5. The zero-order chi connectivity index (χ0) is 13.9. The van der Waals surface area contributed by atoms with Crippen LogP contribution in [0.2, 0.25) is 0 Å². The molecule has 110 valence electrons. The summed E-state index contributed by atoms with van der Waals surface area (Å²) in [4.78, 5) is 8.22. The highest BCUT2D eigenvalue weighted by Crippen LogP contribution is 2.32. The van der Waals surface area contributed by atoms with Gasteiger partial charge < -0.3 is 9.47 Å². The molecule has 0 N–H and O–H groups in total. The van der Waals surface area contributed by atoms with Gasteiger partial charge in [0.2, 0.25) is 0 Å². The molecule has 0 bridgehead atoms. The maximum Gasteiger partial charge on any atom is 0.100 e. The van der Waals surface area contributed by atoms with Crippen molar-refractivity contribution < 1.29 is 9.47 Å². The Balaban J connectivity index is 1.70. The van der Waals surface area contributed by atoms with Crippen LogP contribution in [0.4, 0.5) is 0 Å². The van der Waals surface area contributed by atoms with Crippen LogP contribution in [0.25, 0.3) is 0 Å². The fraction of sp³-hybridized carbons (Fsp3) is 0.667. The van der Waals surface area contributed by atoms with E-state index in [9.17, 15) is 0 Å². The van der Waals surface area contributed by atoms with Gasteiger partial charge in [-0.25, -0.2) is 4.98 Å². The molecule has 0 unspecified atom stereocenters. The third-order valence-electron chi connectivity index (χ3n) is 4.20. The SMILES string of the molecule is C=CCO[C@H]1CN(Cc2scnc2C)[C@@H]2CCCO[C@H]12. The molecule has 3 atom stereocenters. The Kier molecular flexibility index (Phi) is 4.51. The van der Waals surface area contributed by atoms with Crippen molar-refractivity contribution in [1.82, 2.24) is 9.88 Å². The van der Waals surface area contributed by atoms with Gasteiger partial charge in [-0.3, -0.25) is 4.90 Å². The molecule has 2 aliphatic rings. The molecule has 3 heterocycles. The van der Waals surface area contributed by atoms with Gasteiger partial charge in [0.25, 0.3) is 0 Å². The van der Waals surface area contributed by atoms with Gasteiger partial charge in [-0.05, 0) is 19.8 Å². The third-order valence-corrected chi connectivity index (χ3v) is 5.12. The van der Waals surface area contributed by atoms with Gasteiger partial charge in [-0.2, -0.15) is 0 Å². The molecule has 0 amide bonds. The summed E-state index contributed by atoms with van der Waals surface area (Å²) >= 11 is 1.74. The molecule has 2 saturated heterocycles. The Bertz CT molecular complexity index is 462. The van der Waals surface area contributed by atoms with Crippen molar-refractivity contribution in [2.24, 2.45) is 0 Å². The lowest BCUT2D eigenvalue weighted by Crippen LogP contribution is -2.41. The second-order valence-corrected chi connectivity index (χ2v) is 6.44. The standard InChI is InChI=1S/C15H22N2O2S/c1-3-6-18-13-8-17(9-14-11(2)16-10-20-14)12-5-4-7-19-15(12)13/h3,10,12-13,15H,1,4-9H2,2H3/t12-,13+,15+/m1/s1. The Morgan fingerprint density at radius 2 is 2.55 bits per heavy atom. The number of fused-ring (bicyclic) bond motifs is 1. The second kappa shape index (κ2) is 6.35. The summed E-state index contributed by atoms with van der Waals surface area (Å²) in [6.45, 7) is 9.19. The van der Waals surface area contributed by atoms with E-state index in [0.717, 1.165) is 31.8 Å². The first kappa shape index (κ1) is 14.2. The average molecular weight is 294 g/mol. The van der Waals surface area contributed by atoms with E-state index in [2.05, 4.69) is 23.4 Å². The van der Waals surface area contributed by atoms with E-state index in [1.807, 2.05) is 11.6 Å². The molecular weight excluding hydrogens is 272 g/mol. The molecule has 0 radical (unpaired) electrons. The number of thiazole rings is 1. The van der Waals surface area contributed by atoms with Crippen molar-refractivity contribution in [3.05, 3.63) is 28.7 Å². The lowest BCUT2D eigenvalue weighted by atomic mass is 10.0. The highest BCUT2D eigenvalue weighted by Gasteiger charge is 2.44. The van der Waals surface area contributed by atoms with E-state index < -0.39 is 0 Å². The number of aryl methyl sites for hydroxylation is 1. The van der Waals surface area contributed by atoms with E-state index in [4.69, 9.17) is 9.47 Å². The van der Waals surface area contributed by atoms with Crippen LogP contribution < -0.4 is 0 Å². The first-order valence-electron chi connectivity index (χ1n) is 7.26. The zero-order valence-electron chi connectivity index (χ0n) is 12.0. The summed E-state index contributed by atoms with van der Waals surface area (Å²) in [6, 6.07) is 0.486. The highest BCUT2D eigenvalue weighted by atomic mass is 32.1. The van der Waals surface area contributed by atoms with E-state index in [1.165, 1.54) is 11.3 Å². The van der Waals surface area contributed by atoms with Crippen LogP contribution in [-0.4, -0.2) is 47.9 Å². The van der Waals surface area contributed by atoms with Gasteiger partial charge in [-0.15, -0.1) is 17.9 Å². The predicted octanol–water partition coefficient (Wildman–Crippen LogP) is 2.39. The topological polar surface area (TPSA) is 34.6 Å². The summed E-state index contributed by atoms with van der Waals surface area (Å²) in [5.74, 6) is 0. The smallest absolute Gasteiger partial charge is 0.100 e. The summed E-state index contributed by atoms with van der Waals surface area (Å²) in [6.07, 6.45) is 4.56. The first-order valence-corrected chi connectivity index (χ1v) is 8.14. The summed E-state index contributed by atoms with van der Waals surface area (Å²) in [5.41, 5.74) is 3.08. The molecule has 4 nitrogen and oxygen atoms in total. The summed E-state index contributed by atoms with van der Waals surface area (Å²) in [5, 5.41) is 0. The van der Waals surface area contributed by atoms with Crippen molar-refractivity contribution in [2.75, 3.05) is 19.8 Å². The molecule has 1 aromatic heterocycles. The average Bonchev–Trinajstić information content (AvgIpc) is 3.02. The minimum Gasteiger partial charge on any atom is -0.374 e. The van der Waals surface area contributed by atoms with Crippen LogP contribution >= 0.6 is 11.3 Å². The molecule has 3 rings (SSSR count). The van der Waals surface area contributed by atoms with Gasteiger partial charge in [0, 0.05) is 30.6 Å². The Morgan fingerprint density at radius 1 is 1.65 bits per heavy atom. The van der Waals surface area contributed by atoms with E-state index >= 15 is 0 Å². The minimum atomic E-state index is 0.173. The lowest BCUT2D eigenvalue weighted by molar-refractivity contribution is -0.0721. The van der Waals surface area contributed by atoms with Crippen LogP contribution in [-0.2, 0) is 16.0 Å². The number of likely N-dealkylation sites (tertiary alicyclic amines) is 1. The van der Waals surface area contributed by atoms with Crippen molar-refractivity contribution in [3.8, 4) is 0 Å². The first-order chi connectivity index (χ1) is 9.79. The van der Waals surface area contributed by atoms with Crippen molar-refractivity contribution in [2.45, 2.75) is 44.6 Å². The molecule has 0 saturated carbocycles. The maximum absolute atomic E-state index is 5.98. The minimum absolute atomic E-state index is 0.173. The van der Waals surface area contributed by atoms with Gasteiger partial charge in [0.1, 0.15) is 6.10 Å². The molecular formula is C15H22N2O2S. The number of aromatic nitrogens is 1. The van der Waals surface area contributed by atoms with Gasteiger partial charge in [0.15, 0.2) is 0 Å². The van der Waals surface area contributed by atoms with Gasteiger partial charge in [-0.1, -0.05) is 6.08 Å². The molecule has 0 aliphatic carbocycles. The fourth-order valence-electron chi connectivity index (χ4n) is 3.19. The van der Waals surface area contributed by atoms with Crippen LogP contribution in [0.5, 0.6) is 0 Å². The van der Waals surface area contributed by atoms with Crippen molar-refractivity contribution >= 4 is 11.3 Å². The van der Waals surface area contributed by atoms with Gasteiger partial charge in [0.05, 0.1) is 23.9 Å². The Labute approximate surface area is 124 Å². The predicted molar refractivity (Wildman–Crippen MR) is 80.0 cm³/mol. The molecule has 0 spiro atoms. The summed E-state index contributed by atoms with van der Waals surface area (Å²) in [7, 11) is 0. The van der Waals surface area contributed by atoms with Gasteiger partial charge >= 0.3 is 0 Å². The van der Waals surface area contributed by atoms with Crippen LogP contribution in [0.3, 0.4) is 0 Å². The zero-order valence-corrected chi connectivity index (χ0v) is 12.8. The maximum atomic E-state index is 5.98. The number of hydrogen-bond donors (Lipinski definition) is 0. The Morgan fingerprint density at radius 3 is 3.30 bits per heavy atom. The number of nitrogens with zero attached hydrogens (tertiary/aromatic N) is 2. The highest BCUT2D eigenvalue weighted by molar-refractivity contribution is 7.09. The van der Waals surface area contributed by atoms with Crippen molar-refractivity contribution in [3.63, 3.8) is 0 Å². The third kappa shape index (κ3) is 2.81. The van der Waals surface area contributed by atoms with Crippen LogP contribution in [0.1, 0.15) is 23.4 Å². The fourth-order valence-corrected chi connectivity index (χ4v) is 3.99. The molecule has 20 heavy (non-hydrogen) atoms. The lowest BCUT2D eigenvalue weighted by Gasteiger charge is -2.32. The van der Waals surface area contributed by atoms with Crippen LogP contribution in [0.15, 0.2) is 18.2 Å². The summed E-state index contributed by atoms with van der Waals surface area (Å²) < 4.78 is 11.9. The largest absolute Gasteiger partial charge is 0.374 e. The normalized spacial score (nSPS) is 30.4. The number of ether oxygens (including phenoxy) is 2. The van der Waals surface area contributed by atoms with E-state index in [1.54, 1.807) is 11.3 Å². The van der Waals surface area contributed by atoms with Crippen LogP contribution in [0, 0.1) is 6.92 Å². The molecule has 0 aromatic carbocycles. The molecule has 2 aliphatic heterocycles. The molecule has 1 aromatic rings. The number of rotatable bonds is 5. The Hall–Kier alpha value is -0.750. The quantitative estimate of drug-likeness (QED) is 0.781. The van der Waals surface area contributed by atoms with E-state index in [-0.39, 0.29) is 12.2 Å². The molecule has 5 heteroatoms. The second-order valence-electron chi connectivity index (χ2n) is 5.50. The monoisotopic (exact) mass is 294 g/mol.